The van der Waals surface area contributed by atoms with Crippen LogP contribution in [0.5, 0.6) is 0 Å². The van der Waals surface area contributed by atoms with Gasteiger partial charge >= 0.3 is 11.9 Å². The van der Waals surface area contributed by atoms with Gasteiger partial charge in [0.2, 0.25) is 0 Å². The van der Waals surface area contributed by atoms with Crippen LogP contribution in [0, 0.1) is 0 Å². The molecule has 0 aromatic heterocycles. The normalized spacial score (nSPS) is 10.5. The molecule has 0 atom stereocenters. The van der Waals surface area contributed by atoms with Crippen molar-refractivity contribution in [3.05, 3.63) is 12.2 Å². The maximum Gasteiger partial charge on any atom is 0.333 e. The van der Waals surface area contributed by atoms with Gasteiger partial charge in [0.15, 0.2) is 0 Å². The molecule has 0 aromatic rings. The molecule has 0 spiro atoms. The fraction of sp³-hybridized carbons (Fsp3) is 0.818. The number of carbonyl (C=O) groups excluding carboxylic acids is 2. The minimum atomic E-state index is -0.557. The molecular weight excluding hydrogens is 328 g/mol. The van der Waals surface area contributed by atoms with Crippen LogP contribution in [0.1, 0.15) is 103 Å². The number of unbranched alkanes of at least 4 members (excludes halogenated alkanes) is 13. The first-order valence-corrected chi connectivity index (χ1v) is 10.5. The molecule has 0 aliphatic carbocycles. The Labute approximate surface area is 160 Å². The molecular formula is C22H40O4. The van der Waals surface area contributed by atoms with Gasteiger partial charge in [-0.3, -0.25) is 4.79 Å². The lowest BCUT2D eigenvalue weighted by atomic mass is 10.0. The predicted molar refractivity (Wildman–Crippen MR) is 107 cm³/mol. The molecule has 0 N–H and O–H groups in total. The molecule has 0 saturated carbocycles. The first-order chi connectivity index (χ1) is 12.6. The average molecular weight is 369 g/mol. The number of ether oxygens (including phenoxy) is 2. The van der Waals surface area contributed by atoms with Crippen LogP contribution in [-0.4, -0.2) is 25.7 Å². The van der Waals surface area contributed by atoms with Crippen LogP contribution < -0.4 is 0 Å². The molecule has 0 aliphatic heterocycles. The van der Waals surface area contributed by atoms with Crippen molar-refractivity contribution in [1.82, 2.24) is 0 Å². The van der Waals surface area contributed by atoms with Gasteiger partial charge in [0, 0.05) is 5.57 Å². The smallest absolute Gasteiger partial charge is 0.333 e. The van der Waals surface area contributed by atoms with Crippen molar-refractivity contribution in [3.8, 4) is 0 Å². The Bertz CT molecular complexity index is 376. The molecule has 0 aliphatic rings. The van der Waals surface area contributed by atoms with Crippen molar-refractivity contribution in [2.45, 2.75) is 103 Å². The molecule has 0 heterocycles. The van der Waals surface area contributed by atoms with Crippen molar-refractivity contribution >= 4 is 11.9 Å². The zero-order valence-corrected chi connectivity index (χ0v) is 17.2. The van der Waals surface area contributed by atoms with E-state index in [-0.39, 0.29) is 12.0 Å². The van der Waals surface area contributed by atoms with Crippen LogP contribution >= 0.6 is 0 Å². The molecule has 152 valence electrons. The van der Waals surface area contributed by atoms with E-state index in [1.54, 1.807) is 0 Å². The van der Waals surface area contributed by atoms with Crippen LogP contribution in [0.2, 0.25) is 0 Å². The summed E-state index contributed by atoms with van der Waals surface area (Å²) in [5, 5.41) is 0. The number of carbonyl (C=O) groups is 2. The topological polar surface area (TPSA) is 52.6 Å². The quantitative estimate of drug-likeness (QED) is 0.166. The fourth-order valence-electron chi connectivity index (χ4n) is 2.92. The van der Waals surface area contributed by atoms with E-state index in [1.807, 2.05) is 0 Å². The third-order valence-corrected chi connectivity index (χ3v) is 4.59. The van der Waals surface area contributed by atoms with Crippen molar-refractivity contribution in [2.24, 2.45) is 0 Å². The van der Waals surface area contributed by atoms with Gasteiger partial charge in [-0.1, -0.05) is 97.0 Å². The third kappa shape index (κ3) is 16.2. The lowest BCUT2D eigenvalue weighted by molar-refractivity contribution is -0.145. The number of esters is 2. The second-order valence-electron chi connectivity index (χ2n) is 7.09. The minimum absolute atomic E-state index is 0.0920. The van der Waals surface area contributed by atoms with Crippen molar-refractivity contribution in [1.29, 1.82) is 0 Å². The van der Waals surface area contributed by atoms with E-state index in [9.17, 15) is 9.59 Å². The number of methoxy groups -OCH3 is 1. The zero-order chi connectivity index (χ0) is 19.5. The van der Waals surface area contributed by atoms with E-state index < -0.39 is 11.9 Å². The van der Waals surface area contributed by atoms with E-state index in [0.29, 0.717) is 6.61 Å². The summed E-state index contributed by atoms with van der Waals surface area (Å²) in [6.07, 6.45) is 18.1. The van der Waals surface area contributed by atoms with Gasteiger partial charge < -0.3 is 9.47 Å². The lowest BCUT2D eigenvalue weighted by Crippen LogP contribution is -2.12. The molecule has 0 amide bonds. The van der Waals surface area contributed by atoms with E-state index in [0.717, 1.165) is 12.8 Å². The Morgan fingerprint density at radius 1 is 0.731 bits per heavy atom. The SMILES string of the molecule is C=C(CC(=O)OCCCCCCCCCCCCCCCC)C(=O)OC. The number of hydrogen-bond acceptors (Lipinski definition) is 4. The molecule has 0 fully saturated rings. The van der Waals surface area contributed by atoms with E-state index in [2.05, 4.69) is 18.2 Å². The van der Waals surface area contributed by atoms with Crippen molar-refractivity contribution < 1.29 is 19.1 Å². The summed E-state index contributed by atoms with van der Waals surface area (Å²) in [4.78, 5) is 22.6. The highest BCUT2D eigenvalue weighted by atomic mass is 16.5. The standard InChI is InChI=1S/C22H40O4/c1-4-5-6-7-8-9-10-11-12-13-14-15-16-17-18-26-21(23)19-20(2)22(24)25-3/h2,4-19H2,1,3H3. The van der Waals surface area contributed by atoms with E-state index in [4.69, 9.17) is 4.74 Å². The van der Waals surface area contributed by atoms with Gasteiger partial charge in [-0.25, -0.2) is 4.79 Å². The molecule has 0 unspecified atom stereocenters. The largest absolute Gasteiger partial charge is 0.466 e. The summed E-state index contributed by atoms with van der Waals surface area (Å²) >= 11 is 0. The van der Waals surface area contributed by atoms with Gasteiger partial charge in [0.05, 0.1) is 20.1 Å². The van der Waals surface area contributed by atoms with Crippen LogP contribution in [0.3, 0.4) is 0 Å². The molecule has 0 aromatic carbocycles. The molecule has 0 rings (SSSR count). The summed E-state index contributed by atoms with van der Waals surface area (Å²) in [7, 11) is 1.27. The Morgan fingerprint density at radius 2 is 1.15 bits per heavy atom. The lowest BCUT2D eigenvalue weighted by Gasteiger charge is -2.06. The van der Waals surface area contributed by atoms with Crippen LogP contribution in [0.4, 0.5) is 0 Å². The number of hydrogen-bond donors (Lipinski definition) is 0. The van der Waals surface area contributed by atoms with Crippen molar-refractivity contribution in [2.75, 3.05) is 13.7 Å². The Morgan fingerprint density at radius 3 is 1.58 bits per heavy atom. The highest BCUT2D eigenvalue weighted by Gasteiger charge is 2.12. The molecule has 0 bridgehead atoms. The first-order valence-electron chi connectivity index (χ1n) is 10.5. The van der Waals surface area contributed by atoms with Gasteiger partial charge in [0.25, 0.3) is 0 Å². The monoisotopic (exact) mass is 368 g/mol. The Balaban J connectivity index is 3.25. The van der Waals surface area contributed by atoms with Crippen LogP contribution in [0.15, 0.2) is 12.2 Å². The Kier molecular flexibility index (Phi) is 17.5. The average Bonchev–Trinajstić information content (AvgIpc) is 2.64. The second-order valence-corrected chi connectivity index (χ2v) is 7.09. The van der Waals surface area contributed by atoms with Gasteiger partial charge in [0.1, 0.15) is 0 Å². The molecule has 4 heteroatoms. The second kappa shape index (κ2) is 18.5. The maximum atomic E-state index is 11.5. The van der Waals surface area contributed by atoms with Crippen LogP contribution in [0.25, 0.3) is 0 Å². The summed E-state index contributed by atoms with van der Waals surface area (Å²) in [6, 6.07) is 0. The molecule has 0 saturated heterocycles. The molecule has 0 radical (unpaired) electrons. The van der Waals surface area contributed by atoms with E-state index >= 15 is 0 Å². The maximum absolute atomic E-state index is 11.5. The predicted octanol–water partition coefficient (Wildman–Crippen LogP) is 6.13. The first kappa shape index (κ1) is 24.7. The molecule has 4 nitrogen and oxygen atoms in total. The molecule has 26 heavy (non-hydrogen) atoms. The Hall–Kier alpha value is -1.32. The fourth-order valence-corrected chi connectivity index (χ4v) is 2.92. The van der Waals surface area contributed by atoms with Crippen LogP contribution in [-0.2, 0) is 19.1 Å². The summed E-state index contributed by atoms with van der Waals surface area (Å²) in [6.45, 7) is 6.19. The summed E-state index contributed by atoms with van der Waals surface area (Å²) in [5.41, 5.74) is 0.137. The van der Waals surface area contributed by atoms with Gasteiger partial charge in [-0.2, -0.15) is 0 Å². The summed E-state index contributed by atoms with van der Waals surface area (Å²) < 4.78 is 9.60. The highest BCUT2D eigenvalue weighted by molar-refractivity contribution is 5.93. The van der Waals surface area contributed by atoms with Crippen molar-refractivity contribution in [3.63, 3.8) is 0 Å². The van der Waals surface area contributed by atoms with Gasteiger partial charge in [-0.15, -0.1) is 0 Å². The van der Waals surface area contributed by atoms with Gasteiger partial charge in [-0.05, 0) is 6.42 Å². The minimum Gasteiger partial charge on any atom is -0.466 e. The zero-order valence-electron chi connectivity index (χ0n) is 17.2. The number of rotatable bonds is 18. The highest BCUT2D eigenvalue weighted by Crippen LogP contribution is 2.13. The third-order valence-electron chi connectivity index (χ3n) is 4.59. The van der Waals surface area contributed by atoms with E-state index in [1.165, 1.54) is 84.2 Å². The summed E-state index contributed by atoms with van der Waals surface area (Å²) in [5.74, 6) is -0.964.